The monoisotopic (exact) mass is 321 g/mol. The Bertz CT molecular complexity index is 317. The van der Waals surface area contributed by atoms with E-state index >= 15 is 0 Å². The number of amides is 1. The Labute approximate surface area is 131 Å². The van der Waals surface area contributed by atoms with Gasteiger partial charge in [0.2, 0.25) is 0 Å². The molecule has 2 N–H and O–H groups in total. The van der Waals surface area contributed by atoms with Gasteiger partial charge in [-0.1, -0.05) is 0 Å². The van der Waals surface area contributed by atoms with Crippen LogP contribution in [0.4, 0.5) is 4.79 Å². The van der Waals surface area contributed by atoms with E-state index in [4.69, 9.17) is 14.6 Å². The van der Waals surface area contributed by atoms with Crippen LogP contribution in [-0.4, -0.2) is 53.5 Å². The molecule has 1 atom stereocenters. The highest BCUT2D eigenvalue weighted by atomic mass is 32.2. The van der Waals surface area contributed by atoms with Crippen molar-refractivity contribution in [3.63, 3.8) is 0 Å². The molecule has 0 saturated carbocycles. The highest BCUT2D eigenvalue weighted by Crippen LogP contribution is 2.10. The van der Waals surface area contributed by atoms with Crippen molar-refractivity contribution in [3.05, 3.63) is 0 Å². The largest absolute Gasteiger partial charge is 0.480 e. The molecule has 0 spiro atoms. The van der Waals surface area contributed by atoms with Crippen molar-refractivity contribution in [3.8, 4) is 0 Å². The lowest BCUT2D eigenvalue weighted by Gasteiger charge is -2.21. The summed E-state index contributed by atoms with van der Waals surface area (Å²) in [6.07, 6.45) is 0.611. The van der Waals surface area contributed by atoms with Crippen molar-refractivity contribution in [1.82, 2.24) is 5.32 Å². The lowest BCUT2D eigenvalue weighted by molar-refractivity contribution is -0.139. The third kappa shape index (κ3) is 12.5. The summed E-state index contributed by atoms with van der Waals surface area (Å²) in [7, 11) is 0. The normalized spacial score (nSPS) is 12.8. The molecule has 1 amide bonds. The zero-order chi connectivity index (χ0) is 16.3. The van der Waals surface area contributed by atoms with Gasteiger partial charge in [-0.15, -0.1) is 0 Å². The molecule has 0 aliphatic carbocycles. The Hall–Kier alpha value is -0.950. The third-order valence-electron chi connectivity index (χ3n) is 2.32. The van der Waals surface area contributed by atoms with Crippen LogP contribution in [0.25, 0.3) is 0 Å². The van der Waals surface area contributed by atoms with Crippen molar-refractivity contribution in [2.45, 2.75) is 52.2 Å². The molecule has 7 heteroatoms. The number of ether oxygens (including phenoxy) is 2. The number of carboxylic acids is 1. The summed E-state index contributed by atoms with van der Waals surface area (Å²) < 4.78 is 10.3. The van der Waals surface area contributed by atoms with E-state index in [1.807, 2.05) is 6.92 Å². The number of hydrogen-bond acceptors (Lipinski definition) is 5. The Morgan fingerprint density at radius 3 is 2.48 bits per heavy atom. The van der Waals surface area contributed by atoms with E-state index in [-0.39, 0.29) is 0 Å². The minimum atomic E-state index is -1.05. The van der Waals surface area contributed by atoms with Gasteiger partial charge in [0, 0.05) is 13.2 Å². The van der Waals surface area contributed by atoms with Gasteiger partial charge in [-0.25, -0.2) is 9.59 Å². The van der Waals surface area contributed by atoms with Crippen LogP contribution in [0.15, 0.2) is 0 Å². The maximum absolute atomic E-state index is 11.6. The fourth-order valence-electron chi connectivity index (χ4n) is 1.42. The summed E-state index contributed by atoms with van der Waals surface area (Å²) in [4.78, 5) is 22.7. The van der Waals surface area contributed by atoms with Gasteiger partial charge < -0.3 is 19.9 Å². The first-order valence-corrected chi connectivity index (χ1v) is 8.29. The van der Waals surface area contributed by atoms with Crippen LogP contribution < -0.4 is 5.32 Å². The fraction of sp³-hybridized carbons (Fsp3) is 0.857. The molecule has 0 fully saturated rings. The molecule has 0 aliphatic heterocycles. The number of thioether (sulfide) groups is 1. The highest BCUT2D eigenvalue weighted by molar-refractivity contribution is 7.99. The number of carbonyl (C=O) groups excluding carboxylic acids is 1. The summed E-state index contributed by atoms with van der Waals surface area (Å²) in [5.74, 6) is 0.535. The second kappa shape index (κ2) is 10.7. The quantitative estimate of drug-likeness (QED) is 0.601. The predicted octanol–water partition coefficient (Wildman–Crippen LogP) is 2.51. The van der Waals surface area contributed by atoms with Gasteiger partial charge in [0.15, 0.2) is 0 Å². The van der Waals surface area contributed by atoms with E-state index in [1.54, 1.807) is 32.5 Å². The van der Waals surface area contributed by atoms with Crippen LogP contribution in [0, 0.1) is 0 Å². The number of carboxylic acid groups (broad SMARTS) is 1. The molecule has 0 radical (unpaired) electrons. The van der Waals surface area contributed by atoms with Gasteiger partial charge in [-0.3, -0.25) is 0 Å². The Morgan fingerprint density at radius 2 is 1.95 bits per heavy atom. The predicted molar refractivity (Wildman–Crippen MR) is 83.8 cm³/mol. The molecule has 21 heavy (non-hydrogen) atoms. The third-order valence-corrected chi connectivity index (χ3v) is 3.42. The molecule has 0 saturated heterocycles. The zero-order valence-corrected chi connectivity index (χ0v) is 14.1. The number of alkyl carbamates (subject to hydrolysis) is 1. The van der Waals surface area contributed by atoms with E-state index in [0.29, 0.717) is 18.8 Å². The van der Waals surface area contributed by atoms with Crippen molar-refractivity contribution in [1.29, 1.82) is 0 Å². The number of aliphatic carboxylic acids is 1. The summed E-state index contributed by atoms with van der Waals surface area (Å²) in [5, 5.41) is 11.5. The molecule has 0 aromatic heterocycles. The van der Waals surface area contributed by atoms with Gasteiger partial charge >= 0.3 is 12.1 Å². The maximum atomic E-state index is 11.6. The van der Waals surface area contributed by atoms with Crippen LogP contribution in [0.2, 0.25) is 0 Å². The smallest absolute Gasteiger partial charge is 0.408 e. The number of hydrogen-bond donors (Lipinski definition) is 2. The van der Waals surface area contributed by atoms with Crippen LogP contribution in [-0.2, 0) is 14.3 Å². The first kappa shape index (κ1) is 20.1. The molecule has 0 bridgehead atoms. The summed E-state index contributed by atoms with van der Waals surface area (Å²) in [5.41, 5.74) is -0.638. The topological polar surface area (TPSA) is 84.9 Å². The van der Waals surface area contributed by atoms with Crippen LogP contribution in [0.5, 0.6) is 0 Å². The molecule has 0 aromatic carbocycles. The Morgan fingerprint density at radius 1 is 1.29 bits per heavy atom. The van der Waals surface area contributed by atoms with E-state index in [1.165, 1.54) is 0 Å². The Kier molecular flexibility index (Phi) is 10.2. The second-order valence-corrected chi connectivity index (χ2v) is 6.71. The lowest BCUT2D eigenvalue weighted by atomic mass is 10.2. The van der Waals surface area contributed by atoms with Crippen molar-refractivity contribution in [2.24, 2.45) is 0 Å². The molecule has 124 valence electrons. The fourth-order valence-corrected chi connectivity index (χ4v) is 2.35. The lowest BCUT2D eigenvalue weighted by Crippen LogP contribution is -2.43. The van der Waals surface area contributed by atoms with Gasteiger partial charge in [-0.2, -0.15) is 11.8 Å². The zero-order valence-electron chi connectivity index (χ0n) is 13.3. The standard InChI is InChI=1S/C14H27NO5S/c1-5-19-8-6-9-21-10-7-11(12(16)17)15-13(18)20-14(2,3)4/h11H,5-10H2,1-4H3,(H,15,18)(H,16,17). The molecule has 0 rings (SSSR count). The van der Waals surface area contributed by atoms with Gasteiger partial charge in [0.1, 0.15) is 11.6 Å². The van der Waals surface area contributed by atoms with Crippen LogP contribution >= 0.6 is 11.8 Å². The van der Waals surface area contributed by atoms with E-state index < -0.39 is 23.7 Å². The number of nitrogens with one attached hydrogen (secondary N) is 1. The average molecular weight is 321 g/mol. The summed E-state index contributed by atoms with van der Waals surface area (Å²) in [6.45, 7) is 8.59. The number of carbonyl (C=O) groups is 2. The maximum Gasteiger partial charge on any atom is 0.408 e. The molecule has 0 aliphatic rings. The van der Waals surface area contributed by atoms with E-state index in [2.05, 4.69) is 5.32 Å². The number of rotatable bonds is 10. The molecule has 0 aromatic rings. The molecular formula is C14H27NO5S. The average Bonchev–Trinajstić information content (AvgIpc) is 2.33. The highest BCUT2D eigenvalue weighted by Gasteiger charge is 2.23. The van der Waals surface area contributed by atoms with Crippen LogP contribution in [0.3, 0.4) is 0 Å². The van der Waals surface area contributed by atoms with Gasteiger partial charge in [-0.05, 0) is 52.0 Å². The first-order valence-electron chi connectivity index (χ1n) is 7.14. The SMILES string of the molecule is CCOCCCSCCC(NC(=O)OC(C)(C)C)C(=O)O. The van der Waals surface area contributed by atoms with Gasteiger partial charge in [0.25, 0.3) is 0 Å². The summed E-state index contributed by atoms with van der Waals surface area (Å²) >= 11 is 1.65. The summed E-state index contributed by atoms with van der Waals surface area (Å²) in [6, 6.07) is -0.917. The molecule has 1 unspecified atom stereocenters. The van der Waals surface area contributed by atoms with Crippen molar-refractivity contribution >= 4 is 23.8 Å². The van der Waals surface area contributed by atoms with Crippen LogP contribution in [0.1, 0.15) is 40.5 Å². The Balaban J connectivity index is 3.93. The van der Waals surface area contributed by atoms with Gasteiger partial charge in [0.05, 0.1) is 0 Å². The van der Waals surface area contributed by atoms with E-state index in [9.17, 15) is 9.59 Å². The molecule has 6 nitrogen and oxygen atoms in total. The molecular weight excluding hydrogens is 294 g/mol. The van der Waals surface area contributed by atoms with Crippen molar-refractivity contribution in [2.75, 3.05) is 24.7 Å². The van der Waals surface area contributed by atoms with Crippen molar-refractivity contribution < 1.29 is 24.2 Å². The minimum absolute atomic E-state index is 0.369. The van der Waals surface area contributed by atoms with E-state index in [0.717, 1.165) is 18.8 Å². The molecule has 0 heterocycles. The minimum Gasteiger partial charge on any atom is -0.480 e. The first-order chi connectivity index (χ1) is 9.76. The second-order valence-electron chi connectivity index (χ2n) is 5.49.